The van der Waals surface area contributed by atoms with Crippen LogP contribution in [0.1, 0.15) is 44.7 Å². The number of aliphatic hydroxyl groups excluding tert-OH is 1. The van der Waals surface area contributed by atoms with Crippen molar-refractivity contribution in [3.05, 3.63) is 35.4 Å². The van der Waals surface area contributed by atoms with Gasteiger partial charge in [-0.3, -0.25) is 4.57 Å². The molecule has 0 spiro atoms. The van der Waals surface area contributed by atoms with Crippen molar-refractivity contribution in [3.8, 4) is 0 Å². The summed E-state index contributed by atoms with van der Waals surface area (Å²) in [6, 6.07) is 7.25. The van der Waals surface area contributed by atoms with Crippen LogP contribution in [0.25, 0.3) is 0 Å². The van der Waals surface area contributed by atoms with Crippen molar-refractivity contribution in [2.45, 2.75) is 52.7 Å². The molecule has 0 bridgehead atoms. The summed E-state index contributed by atoms with van der Waals surface area (Å²) in [7, 11) is -3.62. The Morgan fingerprint density at radius 2 is 1.53 bits per heavy atom. The van der Waals surface area contributed by atoms with Crippen LogP contribution in [0, 0.1) is 6.92 Å². The van der Waals surface area contributed by atoms with Crippen LogP contribution in [0.5, 0.6) is 0 Å². The summed E-state index contributed by atoms with van der Waals surface area (Å²) in [5.74, 6) is -1.27. The first kappa shape index (κ1) is 16.4. The topological polar surface area (TPSA) is 55.8 Å². The van der Waals surface area contributed by atoms with E-state index in [0.29, 0.717) is 5.56 Å². The van der Waals surface area contributed by atoms with Crippen LogP contribution < -0.4 is 0 Å². The van der Waals surface area contributed by atoms with Crippen molar-refractivity contribution in [2.75, 3.05) is 0 Å². The van der Waals surface area contributed by atoms with Crippen LogP contribution in [0.15, 0.2) is 24.3 Å². The fraction of sp³-hybridized carbons (Fsp3) is 0.571. The van der Waals surface area contributed by atoms with E-state index in [4.69, 9.17) is 9.05 Å². The number of aliphatic hydroxyl groups is 1. The Bertz CT molecular complexity index is 443. The van der Waals surface area contributed by atoms with E-state index in [1.54, 1.807) is 39.8 Å². The van der Waals surface area contributed by atoms with E-state index in [1.807, 2.05) is 19.1 Å². The molecule has 1 aromatic rings. The second-order valence-electron chi connectivity index (χ2n) is 5.08. The molecule has 5 heteroatoms. The Morgan fingerprint density at radius 1 is 1.05 bits per heavy atom. The average molecular weight is 286 g/mol. The van der Waals surface area contributed by atoms with E-state index in [0.717, 1.165) is 5.56 Å². The fourth-order valence-electron chi connectivity index (χ4n) is 1.77. The van der Waals surface area contributed by atoms with Crippen LogP contribution >= 0.6 is 7.60 Å². The van der Waals surface area contributed by atoms with Crippen molar-refractivity contribution >= 4 is 7.60 Å². The van der Waals surface area contributed by atoms with Gasteiger partial charge in [0.1, 0.15) is 0 Å². The van der Waals surface area contributed by atoms with Crippen LogP contribution in [-0.4, -0.2) is 17.3 Å². The molecule has 1 atom stereocenters. The molecule has 1 rings (SSSR count). The minimum absolute atomic E-state index is 0.289. The highest BCUT2D eigenvalue weighted by molar-refractivity contribution is 7.54. The van der Waals surface area contributed by atoms with Gasteiger partial charge in [0.15, 0.2) is 5.85 Å². The van der Waals surface area contributed by atoms with Gasteiger partial charge in [0.05, 0.1) is 12.2 Å². The molecule has 0 aromatic heterocycles. The van der Waals surface area contributed by atoms with Crippen LogP contribution in [0.2, 0.25) is 0 Å². The molecule has 0 aliphatic carbocycles. The van der Waals surface area contributed by atoms with Crippen LogP contribution in [0.4, 0.5) is 0 Å². The predicted molar refractivity (Wildman–Crippen MR) is 76.2 cm³/mol. The van der Waals surface area contributed by atoms with Gasteiger partial charge < -0.3 is 14.2 Å². The number of hydrogen-bond acceptors (Lipinski definition) is 4. The molecule has 0 aliphatic rings. The molecular formula is C14H23O4P. The molecule has 1 aromatic carbocycles. The maximum atomic E-state index is 12.8. The quantitative estimate of drug-likeness (QED) is 0.802. The lowest BCUT2D eigenvalue weighted by atomic mass is 10.1. The Morgan fingerprint density at radius 3 is 1.95 bits per heavy atom. The molecule has 0 aliphatic heterocycles. The Labute approximate surface area is 115 Å². The fourth-order valence-corrected chi connectivity index (χ4v) is 3.86. The molecule has 108 valence electrons. The van der Waals surface area contributed by atoms with E-state index in [9.17, 15) is 9.67 Å². The first-order chi connectivity index (χ1) is 8.76. The molecule has 4 nitrogen and oxygen atoms in total. The molecule has 0 radical (unpaired) electrons. The van der Waals surface area contributed by atoms with Crippen LogP contribution in [0.3, 0.4) is 0 Å². The third kappa shape index (κ3) is 4.43. The number of aryl methyl sites for hydroxylation is 1. The lowest BCUT2D eigenvalue weighted by Gasteiger charge is -2.27. The largest absolute Gasteiger partial charge is 0.376 e. The molecule has 0 saturated heterocycles. The van der Waals surface area contributed by atoms with Gasteiger partial charge >= 0.3 is 7.60 Å². The zero-order valence-electron chi connectivity index (χ0n) is 12.2. The number of rotatable bonds is 6. The maximum absolute atomic E-state index is 12.8. The van der Waals surface area contributed by atoms with Gasteiger partial charge in [-0.05, 0) is 45.7 Å². The second kappa shape index (κ2) is 6.67. The van der Waals surface area contributed by atoms with E-state index in [2.05, 4.69) is 0 Å². The summed E-state index contributed by atoms with van der Waals surface area (Å²) in [6.45, 7) is 8.91. The molecule has 19 heavy (non-hydrogen) atoms. The molecule has 0 heterocycles. The smallest absolute Gasteiger partial charge is 0.363 e. The Hall–Kier alpha value is -0.670. The van der Waals surface area contributed by atoms with Crippen molar-refractivity contribution < 1.29 is 18.7 Å². The molecule has 0 amide bonds. The highest BCUT2D eigenvalue weighted by Gasteiger charge is 2.38. The van der Waals surface area contributed by atoms with E-state index in [1.165, 1.54) is 0 Å². The molecular weight excluding hydrogens is 263 g/mol. The summed E-state index contributed by atoms with van der Waals surface area (Å²) < 4.78 is 23.6. The van der Waals surface area contributed by atoms with Crippen molar-refractivity contribution in [3.63, 3.8) is 0 Å². The van der Waals surface area contributed by atoms with Gasteiger partial charge in [-0.1, -0.05) is 24.3 Å². The molecule has 0 saturated carbocycles. The van der Waals surface area contributed by atoms with Crippen molar-refractivity contribution in [1.29, 1.82) is 0 Å². The monoisotopic (exact) mass is 286 g/mol. The first-order valence-electron chi connectivity index (χ1n) is 6.46. The van der Waals surface area contributed by atoms with E-state index in [-0.39, 0.29) is 12.2 Å². The summed E-state index contributed by atoms with van der Waals surface area (Å²) in [6.07, 6.45) is -0.577. The van der Waals surface area contributed by atoms with E-state index < -0.39 is 13.4 Å². The third-order valence-electron chi connectivity index (χ3n) is 2.48. The highest BCUT2D eigenvalue weighted by atomic mass is 31.2. The third-order valence-corrected chi connectivity index (χ3v) is 4.79. The standard InChI is InChI=1S/C14H23O4P/c1-10(2)17-19(16,18-11(3)4)14(15)13-9-7-6-8-12(13)5/h6-11,14-15H,1-5H3/t14-/m0/s1. The summed E-state index contributed by atoms with van der Waals surface area (Å²) in [5, 5.41) is 10.4. The molecule has 0 fully saturated rings. The van der Waals surface area contributed by atoms with Gasteiger partial charge in [0, 0.05) is 0 Å². The summed E-state index contributed by atoms with van der Waals surface area (Å²) >= 11 is 0. The number of benzene rings is 1. The lowest BCUT2D eigenvalue weighted by molar-refractivity contribution is 0.101. The van der Waals surface area contributed by atoms with Gasteiger partial charge in [-0.15, -0.1) is 0 Å². The summed E-state index contributed by atoms with van der Waals surface area (Å²) in [5.41, 5.74) is 1.43. The molecule has 0 unspecified atom stereocenters. The normalized spacial score (nSPS) is 14.1. The van der Waals surface area contributed by atoms with E-state index >= 15 is 0 Å². The minimum Gasteiger partial charge on any atom is -0.376 e. The number of hydrogen-bond donors (Lipinski definition) is 1. The SMILES string of the molecule is Cc1ccccc1[C@@H](O)P(=O)(OC(C)C)OC(C)C. The van der Waals surface area contributed by atoms with Crippen LogP contribution in [-0.2, 0) is 13.6 Å². The lowest BCUT2D eigenvalue weighted by Crippen LogP contribution is -2.14. The van der Waals surface area contributed by atoms with Gasteiger partial charge in [0.25, 0.3) is 0 Å². The van der Waals surface area contributed by atoms with Crippen molar-refractivity contribution in [1.82, 2.24) is 0 Å². The first-order valence-corrected chi connectivity index (χ1v) is 8.07. The van der Waals surface area contributed by atoms with Gasteiger partial charge in [-0.2, -0.15) is 0 Å². The molecule has 1 N–H and O–H groups in total. The summed E-state index contributed by atoms with van der Waals surface area (Å²) in [4.78, 5) is 0. The average Bonchev–Trinajstić information content (AvgIpc) is 2.26. The van der Waals surface area contributed by atoms with Gasteiger partial charge in [0.2, 0.25) is 0 Å². The highest BCUT2D eigenvalue weighted by Crippen LogP contribution is 2.61. The zero-order valence-corrected chi connectivity index (χ0v) is 13.1. The Balaban J connectivity index is 3.11. The predicted octanol–water partition coefficient (Wildman–Crippen LogP) is 4.03. The van der Waals surface area contributed by atoms with Gasteiger partial charge in [-0.25, -0.2) is 0 Å². The zero-order chi connectivity index (χ0) is 14.6. The minimum atomic E-state index is -3.62. The second-order valence-corrected chi connectivity index (χ2v) is 7.07. The maximum Gasteiger partial charge on any atom is 0.363 e. The van der Waals surface area contributed by atoms with Crippen molar-refractivity contribution in [2.24, 2.45) is 0 Å². The Kier molecular flexibility index (Phi) is 5.75.